The summed E-state index contributed by atoms with van der Waals surface area (Å²) >= 11 is 1.01. The number of hydrogen-bond donors (Lipinski definition) is 0. The summed E-state index contributed by atoms with van der Waals surface area (Å²) in [5.41, 5.74) is 1.95. The van der Waals surface area contributed by atoms with E-state index in [9.17, 15) is 22.8 Å². The number of halogens is 3. The highest BCUT2D eigenvalue weighted by atomic mass is 32.1. The van der Waals surface area contributed by atoms with Crippen molar-refractivity contribution in [3.8, 4) is 0 Å². The molecule has 0 bridgehead atoms. The van der Waals surface area contributed by atoms with Crippen LogP contribution in [0.3, 0.4) is 0 Å². The zero-order valence-corrected chi connectivity index (χ0v) is 15.1. The van der Waals surface area contributed by atoms with Gasteiger partial charge in [0, 0.05) is 23.2 Å². The topological polar surface area (TPSA) is 59.9 Å². The van der Waals surface area contributed by atoms with E-state index in [0.29, 0.717) is 0 Å². The molecule has 4 rings (SSSR count). The normalized spacial score (nSPS) is 11.1. The lowest BCUT2D eigenvalue weighted by Crippen LogP contribution is -2.25. The first kappa shape index (κ1) is 19.6. The van der Waals surface area contributed by atoms with E-state index in [1.807, 2.05) is 12.1 Å². The van der Waals surface area contributed by atoms with Crippen LogP contribution < -0.4 is 0 Å². The summed E-state index contributed by atoms with van der Waals surface area (Å²) in [4.78, 5) is 30.3. The highest BCUT2D eigenvalue weighted by Crippen LogP contribution is 2.21. The lowest BCUT2D eigenvalue weighted by Gasteiger charge is -2.02. The van der Waals surface area contributed by atoms with Gasteiger partial charge < -0.3 is 0 Å². The summed E-state index contributed by atoms with van der Waals surface area (Å²) in [6, 6.07) is 15.1. The van der Waals surface area contributed by atoms with Crippen LogP contribution in [0.25, 0.3) is 21.8 Å². The number of nitrogens with zero attached hydrogens (tertiary/aromatic N) is 2. The summed E-state index contributed by atoms with van der Waals surface area (Å²) in [5, 5.41) is 3.84. The Morgan fingerprint density at radius 1 is 0.857 bits per heavy atom. The number of carbonyl (C=O) groups excluding carboxylic acids is 2. The third-order valence-electron chi connectivity index (χ3n) is 3.78. The Hall–Kier alpha value is -3.13. The summed E-state index contributed by atoms with van der Waals surface area (Å²) in [5.74, 6) is -2.79. The molecule has 142 valence electrons. The number of rotatable bonds is 3. The molecule has 0 N–H and O–H groups in total. The second kappa shape index (κ2) is 8.26. The molecule has 8 heteroatoms. The number of ketones is 2. The summed E-state index contributed by atoms with van der Waals surface area (Å²) < 4.78 is 35.3. The summed E-state index contributed by atoms with van der Waals surface area (Å²) in [6.45, 7) is 0. The Kier molecular flexibility index (Phi) is 5.79. The quantitative estimate of drug-likeness (QED) is 0.267. The van der Waals surface area contributed by atoms with Gasteiger partial charge in [-0.05, 0) is 23.6 Å². The zero-order chi connectivity index (χ0) is 20.1. The lowest BCUT2D eigenvalue weighted by atomic mass is 10.1. The molecule has 3 heterocycles. The molecular formula is C20H13F3N2O2S. The van der Waals surface area contributed by atoms with E-state index < -0.39 is 24.2 Å². The maximum atomic E-state index is 11.8. The number of carbonyl (C=O) groups is 2. The standard InChI is InChI=1S/C12H8N2.C8H5F3O2S/c1-3-9-5-6-10-4-2-8-14-12(10)11(9)13-7-1;9-8(10,11)7(13)4-5(12)6-2-1-3-14-6/h1-8H;1-3H,4H2. The average molecular weight is 402 g/mol. The maximum Gasteiger partial charge on any atom is 0.450 e. The Balaban J connectivity index is 0.000000161. The molecule has 0 fully saturated rings. The van der Waals surface area contributed by atoms with Gasteiger partial charge in [0.25, 0.3) is 0 Å². The SMILES string of the molecule is O=C(CC(=O)C(F)(F)F)c1cccs1.c1cnc2c(c1)ccc1cccnc12. The smallest absolute Gasteiger partial charge is 0.293 e. The number of alkyl halides is 3. The van der Waals surface area contributed by atoms with E-state index in [1.54, 1.807) is 17.8 Å². The van der Waals surface area contributed by atoms with Crippen molar-refractivity contribution < 1.29 is 22.8 Å². The molecule has 0 amide bonds. The van der Waals surface area contributed by atoms with E-state index in [0.717, 1.165) is 33.1 Å². The second-order valence-electron chi connectivity index (χ2n) is 5.71. The lowest BCUT2D eigenvalue weighted by molar-refractivity contribution is -0.170. The fourth-order valence-corrected chi connectivity index (χ4v) is 3.11. The van der Waals surface area contributed by atoms with Crippen molar-refractivity contribution in [1.82, 2.24) is 9.97 Å². The van der Waals surface area contributed by atoms with Gasteiger partial charge >= 0.3 is 6.18 Å². The van der Waals surface area contributed by atoms with E-state index in [2.05, 4.69) is 34.2 Å². The number of aromatic nitrogens is 2. The first-order valence-corrected chi connectivity index (χ1v) is 8.99. The van der Waals surface area contributed by atoms with Gasteiger partial charge in [-0.1, -0.05) is 30.3 Å². The molecule has 0 saturated heterocycles. The summed E-state index contributed by atoms with van der Waals surface area (Å²) in [7, 11) is 0. The Bertz CT molecular complexity index is 1070. The molecule has 0 spiro atoms. The Morgan fingerprint density at radius 2 is 1.43 bits per heavy atom. The first-order valence-electron chi connectivity index (χ1n) is 8.11. The number of hydrogen-bond acceptors (Lipinski definition) is 5. The maximum absolute atomic E-state index is 11.8. The van der Waals surface area contributed by atoms with E-state index in [-0.39, 0.29) is 4.88 Å². The van der Waals surface area contributed by atoms with E-state index in [1.165, 1.54) is 12.1 Å². The molecule has 4 aromatic rings. The molecule has 0 saturated carbocycles. The van der Waals surface area contributed by atoms with Gasteiger partial charge in [-0.3, -0.25) is 19.6 Å². The van der Waals surface area contributed by atoms with Crippen LogP contribution in [0.2, 0.25) is 0 Å². The fourth-order valence-electron chi connectivity index (χ4n) is 2.45. The molecule has 0 aliphatic heterocycles. The number of Topliss-reactive ketones (excluding diaryl/α,β-unsaturated/α-hetero) is 2. The molecule has 0 unspecified atom stereocenters. The molecule has 0 atom stereocenters. The minimum absolute atomic E-state index is 0.169. The molecule has 0 radical (unpaired) electrons. The van der Waals surface area contributed by atoms with Gasteiger partial charge in [0.1, 0.15) is 0 Å². The molecule has 0 aliphatic carbocycles. The third-order valence-corrected chi connectivity index (χ3v) is 4.69. The van der Waals surface area contributed by atoms with Crippen molar-refractivity contribution in [2.75, 3.05) is 0 Å². The molecule has 1 aromatic carbocycles. The van der Waals surface area contributed by atoms with Crippen LogP contribution in [0.15, 0.2) is 66.3 Å². The summed E-state index contributed by atoms with van der Waals surface area (Å²) in [6.07, 6.45) is -2.43. The number of pyridine rings is 2. The van der Waals surface area contributed by atoms with Gasteiger partial charge in [0.2, 0.25) is 5.78 Å². The number of benzene rings is 1. The molecule has 4 nitrogen and oxygen atoms in total. The predicted octanol–water partition coefficient (Wildman–Crippen LogP) is 5.24. The van der Waals surface area contributed by atoms with Crippen molar-refractivity contribution in [3.05, 3.63) is 71.2 Å². The Morgan fingerprint density at radius 3 is 1.89 bits per heavy atom. The van der Waals surface area contributed by atoms with Gasteiger partial charge in [-0.25, -0.2) is 0 Å². The minimum atomic E-state index is -4.92. The number of thiophene rings is 1. The van der Waals surface area contributed by atoms with Crippen LogP contribution in [-0.2, 0) is 4.79 Å². The van der Waals surface area contributed by atoms with E-state index >= 15 is 0 Å². The van der Waals surface area contributed by atoms with Gasteiger partial charge in [-0.2, -0.15) is 13.2 Å². The molecule has 28 heavy (non-hydrogen) atoms. The van der Waals surface area contributed by atoms with Crippen molar-refractivity contribution in [2.45, 2.75) is 12.6 Å². The van der Waals surface area contributed by atoms with Crippen LogP contribution in [0.4, 0.5) is 13.2 Å². The zero-order valence-electron chi connectivity index (χ0n) is 14.3. The second-order valence-corrected chi connectivity index (χ2v) is 6.66. The van der Waals surface area contributed by atoms with Crippen molar-refractivity contribution in [2.24, 2.45) is 0 Å². The van der Waals surface area contributed by atoms with Gasteiger partial charge in [0.05, 0.1) is 22.3 Å². The van der Waals surface area contributed by atoms with Crippen LogP contribution in [-0.4, -0.2) is 27.7 Å². The van der Waals surface area contributed by atoms with Crippen LogP contribution >= 0.6 is 11.3 Å². The molecular weight excluding hydrogens is 389 g/mol. The highest BCUT2D eigenvalue weighted by molar-refractivity contribution is 7.12. The van der Waals surface area contributed by atoms with Crippen LogP contribution in [0.1, 0.15) is 16.1 Å². The molecule has 0 aliphatic rings. The average Bonchev–Trinajstić information content (AvgIpc) is 3.23. The Labute approximate surface area is 161 Å². The highest BCUT2D eigenvalue weighted by Gasteiger charge is 2.39. The van der Waals surface area contributed by atoms with Crippen LogP contribution in [0, 0.1) is 0 Å². The third kappa shape index (κ3) is 4.58. The predicted molar refractivity (Wildman–Crippen MR) is 101 cm³/mol. The van der Waals surface area contributed by atoms with Crippen molar-refractivity contribution >= 4 is 44.7 Å². The van der Waals surface area contributed by atoms with Gasteiger partial charge in [0.15, 0.2) is 5.78 Å². The fraction of sp³-hybridized carbons (Fsp3) is 0.100. The first-order chi connectivity index (χ1) is 13.4. The minimum Gasteiger partial charge on any atom is -0.293 e. The van der Waals surface area contributed by atoms with Crippen LogP contribution in [0.5, 0.6) is 0 Å². The monoisotopic (exact) mass is 402 g/mol. The largest absolute Gasteiger partial charge is 0.450 e. The van der Waals surface area contributed by atoms with Gasteiger partial charge in [-0.15, -0.1) is 11.3 Å². The number of fused-ring (bicyclic) bond motifs is 3. The van der Waals surface area contributed by atoms with Crippen molar-refractivity contribution in [1.29, 1.82) is 0 Å². The van der Waals surface area contributed by atoms with E-state index in [4.69, 9.17) is 0 Å². The molecule has 3 aromatic heterocycles. The van der Waals surface area contributed by atoms with Crippen molar-refractivity contribution in [3.63, 3.8) is 0 Å².